The summed E-state index contributed by atoms with van der Waals surface area (Å²) >= 11 is 0. The maximum absolute atomic E-state index is 11.9. The van der Waals surface area contributed by atoms with Crippen LogP contribution in [0.1, 0.15) is 27.2 Å². The highest BCUT2D eigenvalue weighted by Gasteiger charge is 2.32. The Kier molecular flexibility index (Phi) is 4.56. The van der Waals surface area contributed by atoms with Crippen molar-refractivity contribution in [2.75, 3.05) is 26.7 Å². The Bertz CT molecular complexity index is 325. The van der Waals surface area contributed by atoms with Crippen molar-refractivity contribution in [1.82, 2.24) is 9.80 Å². The lowest BCUT2D eigenvalue weighted by atomic mass is 10.2. The summed E-state index contributed by atoms with van der Waals surface area (Å²) in [6.07, 6.45) is 0.413. The molecule has 0 aliphatic carbocycles. The summed E-state index contributed by atoms with van der Waals surface area (Å²) in [6, 6.07) is 0.00958. The molecule has 1 saturated heterocycles. The molecular formula is C12H23N3O3. The molecule has 1 rings (SSSR count). The summed E-state index contributed by atoms with van der Waals surface area (Å²) in [6.45, 7) is 6.69. The third kappa shape index (κ3) is 3.87. The van der Waals surface area contributed by atoms with E-state index in [9.17, 15) is 9.59 Å². The molecule has 0 aromatic carbocycles. The van der Waals surface area contributed by atoms with E-state index < -0.39 is 5.60 Å². The van der Waals surface area contributed by atoms with Crippen molar-refractivity contribution < 1.29 is 14.3 Å². The highest BCUT2D eigenvalue weighted by molar-refractivity contribution is 5.78. The van der Waals surface area contributed by atoms with Crippen molar-refractivity contribution in [3.63, 3.8) is 0 Å². The lowest BCUT2D eigenvalue weighted by Gasteiger charge is -2.28. The quantitative estimate of drug-likeness (QED) is 0.777. The molecule has 0 bridgehead atoms. The second-order valence-corrected chi connectivity index (χ2v) is 5.58. The van der Waals surface area contributed by atoms with Crippen molar-refractivity contribution in [1.29, 1.82) is 0 Å². The summed E-state index contributed by atoms with van der Waals surface area (Å²) in [5.41, 5.74) is 4.82. The zero-order valence-electron chi connectivity index (χ0n) is 11.6. The first-order valence-electron chi connectivity index (χ1n) is 6.18. The van der Waals surface area contributed by atoms with Gasteiger partial charge in [0.2, 0.25) is 5.91 Å². The maximum atomic E-state index is 11.9. The number of amides is 2. The average Bonchev–Trinajstić information content (AvgIpc) is 2.73. The number of likely N-dealkylation sites (tertiary alicyclic amines) is 1. The summed E-state index contributed by atoms with van der Waals surface area (Å²) < 4.78 is 5.29. The monoisotopic (exact) mass is 257 g/mol. The van der Waals surface area contributed by atoms with E-state index >= 15 is 0 Å². The summed E-state index contributed by atoms with van der Waals surface area (Å²) in [5.74, 6) is -0.0740. The topological polar surface area (TPSA) is 75.9 Å². The van der Waals surface area contributed by atoms with Crippen LogP contribution >= 0.6 is 0 Å². The minimum atomic E-state index is -0.503. The number of carbonyl (C=O) groups excluding carboxylic acids is 2. The Hall–Kier alpha value is -1.30. The largest absolute Gasteiger partial charge is 0.444 e. The average molecular weight is 257 g/mol. The third-order valence-corrected chi connectivity index (χ3v) is 2.92. The van der Waals surface area contributed by atoms with E-state index in [1.165, 1.54) is 0 Å². The highest BCUT2D eigenvalue weighted by atomic mass is 16.6. The van der Waals surface area contributed by atoms with Crippen molar-refractivity contribution >= 4 is 12.0 Å². The smallest absolute Gasteiger partial charge is 0.410 e. The Labute approximate surface area is 108 Å². The molecule has 104 valence electrons. The molecule has 1 aliphatic heterocycles. The number of nitrogens with zero attached hydrogens (tertiary/aromatic N) is 2. The number of carbonyl (C=O) groups is 2. The lowest BCUT2D eigenvalue weighted by molar-refractivity contribution is -0.128. The van der Waals surface area contributed by atoms with Crippen LogP contribution in [0, 0.1) is 0 Å². The number of rotatable bonds is 2. The van der Waals surface area contributed by atoms with Crippen LogP contribution in [0.4, 0.5) is 4.79 Å². The fraction of sp³-hybridized carbons (Fsp3) is 0.833. The van der Waals surface area contributed by atoms with Crippen molar-refractivity contribution in [3.05, 3.63) is 0 Å². The fourth-order valence-corrected chi connectivity index (χ4v) is 1.90. The molecule has 2 N–H and O–H groups in total. The van der Waals surface area contributed by atoms with Gasteiger partial charge in [-0.25, -0.2) is 4.79 Å². The molecule has 0 spiro atoms. The molecule has 1 heterocycles. The molecule has 6 nitrogen and oxygen atoms in total. The number of nitrogens with two attached hydrogens (primary N) is 1. The van der Waals surface area contributed by atoms with Gasteiger partial charge in [-0.2, -0.15) is 0 Å². The van der Waals surface area contributed by atoms with Gasteiger partial charge in [0, 0.05) is 20.1 Å². The van der Waals surface area contributed by atoms with Crippen LogP contribution in [-0.4, -0.2) is 60.1 Å². The van der Waals surface area contributed by atoms with E-state index in [1.54, 1.807) is 16.8 Å². The van der Waals surface area contributed by atoms with Gasteiger partial charge in [0.05, 0.1) is 12.6 Å². The summed E-state index contributed by atoms with van der Waals surface area (Å²) in [5, 5.41) is 0. The first-order chi connectivity index (χ1) is 8.24. The van der Waals surface area contributed by atoms with Crippen LogP contribution < -0.4 is 5.73 Å². The third-order valence-electron chi connectivity index (χ3n) is 2.92. The number of hydrogen-bond donors (Lipinski definition) is 1. The molecule has 2 amide bonds. The Balaban J connectivity index is 2.52. The molecule has 6 heteroatoms. The summed E-state index contributed by atoms with van der Waals surface area (Å²) in [4.78, 5) is 26.6. The Morgan fingerprint density at radius 2 is 2.06 bits per heavy atom. The molecular weight excluding hydrogens is 234 g/mol. The first kappa shape index (κ1) is 14.8. The molecule has 0 aromatic heterocycles. The van der Waals surface area contributed by atoms with Crippen LogP contribution in [0.15, 0.2) is 0 Å². The van der Waals surface area contributed by atoms with E-state index in [4.69, 9.17) is 10.5 Å². The normalized spacial score (nSPS) is 19.8. The van der Waals surface area contributed by atoms with Gasteiger partial charge in [0.25, 0.3) is 0 Å². The van der Waals surface area contributed by atoms with Crippen LogP contribution in [-0.2, 0) is 9.53 Å². The zero-order valence-corrected chi connectivity index (χ0v) is 11.6. The molecule has 0 aromatic rings. The lowest BCUT2D eigenvalue weighted by Crippen LogP contribution is -2.43. The van der Waals surface area contributed by atoms with Gasteiger partial charge in [-0.15, -0.1) is 0 Å². The van der Waals surface area contributed by atoms with Crippen LogP contribution in [0.25, 0.3) is 0 Å². The van der Waals surface area contributed by atoms with Crippen LogP contribution in [0.3, 0.4) is 0 Å². The molecule has 18 heavy (non-hydrogen) atoms. The molecule has 0 radical (unpaired) electrons. The Morgan fingerprint density at radius 3 is 2.56 bits per heavy atom. The van der Waals surface area contributed by atoms with Gasteiger partial charge < -0.3 is 20.3 Å². The SMILES string of the molecule is CN(C(=O)OC(C)(C)C)[C@H]1CCN(C(=O)CN)C1. The minimum Gasteiger partial charge on any atom is -0.444 e. The number of ether oxygens (including phenoxy) is 1. The van der Waals surface area contributed by atoms with Gasteiger partial charge in [-0.05, 0) is 27.2 Å². The second kappa shape index (κ2) is 5.56. The van der Waals surface area contributed by atoms with Crippen molar-refractivity contribution in [3.8, 4) is 0 Å². The molecule has 1 aliphatic rings. The number of likely N-dealkylation sites (N-methyl/N-ethyl adjacent to an activating group) is 1. The van der Waals surface area contributed by atoms with Gasteiger partial charge in [0.1, 0.15) is 5.60 Å². The predicted octanol–water partition coefficient (Wildman–Crippen LogP) is 0.413. The maximum Gasteiger partial charge on any atom is 0.410 e. The zero-order chi connectivity index (χ0) is 13.9. The van der Waals surface area contributed by atoms with E-state index in [0.29, 0.717) is 13.1 Å². The predicted molar refractivity (Wildman–Crippen MR) is 68.0 cm³/mol. The van der Waals surface area contributed by atoms with E-state index in [0.717, 1.165) is 6.42 Å². The Morgan fingerprint density at radius 1 is 1.44 bits per heavy atom. The van der Waals surface area contributed by atoms with E-state index in [1.807, 2.05) is 20.8 Å². The van der Waals surface area contributed by atoms with Gasteiger partial charge in [-0.3, -0.25) is 4.79 Å². The molecule has 0 unspecified atom stereocenters. The fourth-order valence-electron chi connectivity index (χ4n) is 1.90. The summed E-state index contributed by atoms with van der Waals surface area (Å²) in [7, 11) is 1.70. The molecule has 1 fully saturated rings. The standard InChI is InChI=1S/C12H23N3O3/c1-12(2,3)18-11(17)14(4)9-5-6-15(8-9)10(16)7-13/h9H,5-8,13H2,1-4H3/t9-/m0/s1. The van der Waals surface area contributed by atoms with Crippen LogP contribution in [0.2, 0.25) is 0 Å². The van der Waals surface area contributed by atoms with Gasteiger partial charge >= 0.3 is 6.09 Å². The van der Waals surface area contributed by atoms with Crippen molar-refractivity contribution in [2.45, 2.75) is 38.8 Å². The van der Waals surface area contributed by atoms with E-state index in [-0.39, 0.29) is 24.6 Å². The van der Waals surface area contributed by atoms with Gasteiger partial charge in [-0.1, -0.05) is 0 Å². The molecule has 0 saturated carbocycles. The van der Waals surface area contributed by atoms with Crippen molar-refractivity contribution in [2.24, 2.45) is 5.73 Å². The van der Waals surface area contributed by atoms with Gasteiger partial charge in [0.15, 0.2) is 0 Å². The van der Waals surface area contributed by atoms with E-state index in [2.05, 4.69) is 0 Å². The highest BCUT2D eigenvalue weighted by Crippen LogP contribution is 2.17. The molecule has 1 atom stereocenters. The second-order valence-electron chi connectivity index (χ2n) is 5.58. The van der Waals surface area contributed by atoms with Crippen LogP contribution in [0.5, 0.6) is 0 Å². The first-order valence-corrected chi connectivity index (χ1v) is 6.18. The minimum absolute atomic E-state index is 0.00958. The number of hydrogen-bond acceptors (Lipinski definition) is 4.